The molecule has 198 valence electrons. The maximum atomic E-state index is 13.8. The number of amides is 3. The van der Waals surface area contributed by atoms with E-state index in [1.54, 1.807) is 48.7 Å². The molecule has 1 atom stereocenters. The van der Waals surface area contributed by atoms with Crippen LogP contribution < -0.4 is 10.1 Å². The van der Waals surface area contributed by atoms with Gasteiger partial charge in [-0.3, -0.25) is 24.3 Å². The molecule has 37 heavy (non-hydrogen) atoms. The summed E-state index contributed by atoms with van der Waals surface area (Å²) < 4.78 is 11.5. The van der Waals surface area contributed by atoms with Crippen LogP contribution >= 0.6 is 0 Å². The molecule has 1 spiro atoms. The summed E-state index contributed by atoms with van der Waals surface area (Å²) in [6, 6.07) is 9.74. The van der Waals surface area contributed by atoms with Crippen LogP contribution in [0.3, 0.4) is 0 Å². The number of carbonyl (C=O) groups excluding carboxylic acids is 3. The minimum absolute atomic E-state index is 0.0940. The van der Waals surface area contributed by atoms with E-state index in [4.69, 9.17) is 9.47 Å². The number of carbonyl (C=O) groups is 3. The smallest absolute Gasteiger partial charge is 0.256 e. The maximum Gasteiger partial charge on any atom is 0.256 e. The zero-order chi connectivity index (χ0) is 26.6. The average molecular weight is 509 g/mol. The van der Waals surface area contributed by atoms with Crippen molar-refractivity contribution in [2.24, 2.45) is 5.41 Å². The van der Waals surface area contributed by atoms with E-state index in [0.29, 0.717) is 50.2 Å². The molecule has 1 aromatic heterocycles. The zero-order valence-electron chi connectivity index (χ0n) is 22.0. The Kier molecular flexibility index (Phi) is 7.82. The molecule has 2 fully saturated rings. The SMILES string of the molecule is COc1ccc(C(=O)N2C(C(=O)NCc3cccnc3)COC23CCN(C(=O)CC(C)(C)C)CC3)cc1. The van der Waals surface area contributed by atoms with Gasteiger partial charge in [-0.2, -0.15) is 0 Å². The molecule has 2 saturated heterocycles. The van der Waals surface area contributed by atoms with Gasteiger partial charge in [0.25, 0.3) is 5.91 Å². The molecule has 1 N–H and O–H groups in total. The van der Waals surface area contributed by atoms with Crippen LogP contribution in [0.4, 0.5) is 0 Å². The Morgan fingerprint density at radius 3 is 2.43 bits per heavy atom. The minimum Gasteiger partial charge on any atom is -0.497 e. The third-order valence-corrected chi connectivity index (χ3v) is 6.89. The second-order valence-corrected chi connectivity index (χ2v) is 10.9. The lowest BCUT2D eigenvalue weighted by atomic mass is 9.90. The van der Waals surface area contributed by atoms with Gasteiger partial charge in [-0.25, -0.2) is 0 Å². The monoisotopic (exact) mass is 508 g/mol. The third kappa shape index (κ3) is 6.10. The van der Waals surface area contributed by atoms with E-state index in [0.717, 1.165) is 5.56 Å². The van der Waals surface area contributed by atoms with E-state index in [2.05, 4.69) is 10.3 Å². The Balaban J connectivity index is 1.54. The Hall–Kier alpha value is -3.46. The van der Waals surface area contributed by atoms with Gasteiger partial charge in [-0.15, -0.1) is 0 Å². The van der Waals surface area contributed by atoms with E-state index in [-0.39, 0.29) is 29.7 Å². The molecule has 9 nitrogen and oxygen atoms in total. The lowest BCUT2D eigenvalue weighted by molar-refractivity contribution is -0.145. The van der Waals surface area contributed by atoms with E-state index in [1.807, 2.05) is 37.8 Å². The van der Waals surface area contributed by atoms with Gasteiger partial charge in [-0.1, -0.05) is 26.8 Å². The Morgan fingerprint density at radius 2 is 1.84 bits per heavy atom. The van der Waals surface area contributed by atoms with E-state index in [9.17, 15) is 14.4 Å². The second-order valence-electron chi connectivity index (χ2n) is 10.9. The molecule has 9 heteroatoms. The van der Waals surface area contributed by atoms with Crippen molar-refractivity contribution in [2.75, 3.05) is 26.8 Å². The lowest BCUT2D eigenvalue weighted by Crippen LogP contribution is -2.59. The summed E-state index contributed by atoms with van der Waals surface area (Å²) in [5.74, 6) is 0.171. The lowest BCUT2D eigenvalue weighted by Gasteiger charge is -2.44. The normalized spacial score (nSPS) is 19.1. The molecule has 1 unspecified atom stereocenters. The molecule has 0 saturated carbocycles. The first kappa shape index (κ1) is 26.6. The highest BCUT2D eigenvalue weighted by Crippen LogP contribution is 2.39. The molecule has 2 aliphatic heterocycles. The molecule has 0 aliphatic carbocycles. The molecule has 0 radical (unpaired) electrons. The first-order valence-electron chi connectivity index (χ1n) is 12.7. The van der Waals surface area contributed by atoms with Crippen molar-refractivity contribution in [3.05, 3.63) is 59.9 Å². The standard InChI is InChI=1S/C28H36N4O5/c1-27(2,3)16-24(33)31-14-11-28(12-15-31)32(26(35)21-7-9-22(36-4)10-8-21)23(19-37-28)25(34)30-18-20-6-5-13-29-17-20/h5-10,13,17,23H,11-12,14-16,18-19H2,1-4H3,(H,30,34). The van der Waals surface area contributed by atoms with Crippen LogP contribution in [0.5, 0.6) is 5.75 Å². The number of piperidine rings is 1. The fraction of sp³-hybridized carbons (Fsp3) is 0.500. The van der Waals surface area contributed by atoms with Gasteiger partial charge >= 0.3 is 0 Å². The number of nitrogens with zero attached hydrogens (tertiary/aromatic N) is 3. The van der Waals surface area contributed by atoms with Gasteiger partial charge in [0.2, 0.25) is 11.8 Å². The number of nitrogens with one attached hydrogen (secondary N) is 1. The predicted octanol–water partition coefficient (Wildman–Crippen LogP) is 3.00. The molecule has 0 bridgehead atoms. The number of likely N-dealkylation sites (tertiary alicyclic amines) is 1. The third-order valence-electron chi connectivity index (χ3n) is 6.89. The van der Waals surface area contributed by atoms with E-state index >= 15 is 0 Å². The van der Waals surface area contributed by atoms with Crippen LogP contribution in [0.25, 0.3) is 0 Å². The average Bonchev–Trinajstić information content (AvgIpc) is 3.25. The summed E-state index contributed by atoms with van der Waals surface area (Å²) in [4.78, 5) is 47.5. The highest BCUT2D eigenvalue weighted by Gasteiger charge is 2.54. The number of rotatable bonds is 6. The van der Waals surface area contributed by atoms with Crippen molar-refractivity contribution in [2.45, 2.75) is 58.3 Å². The quantitative estimate of drug-likeness (QED) is 0.644. The number of aromatic nitrogens is 1. The van der Waals surface area contributed by atoms with Gasteiger partial charge in [0.1, 0.15) is 17.5 Å². The number of hydrogen-bond donors (Lipinski definition) is 1. The molecule has 2 aromatic rings. The highest BCUT2D eigenvalue weighted by atomic mass is 16.5. The fourth-order valence-corrected chi connectivity index (χ4v) is 4.92. The van der Waals surface area contributed by atoms with Crippen molar-refractivity contribution in [3.8, 4) is 5.75 Å². The maximum absolute atomic E-state index is 13.8. The Morgan fingerprint density at radius 1 is 1.14 bits per heavy atom. The van der Waals surface area contributed by atoms with E-state index < -0.39 is 11.8 Å². The first-order valence-corrected chi connectivity index (χ1v) is 12.7. The molecule has 3 amide bonds. The Bertz CT molecular complexity index is 1110. The van der Waals surface area contributed by atoms with Gasteiger partial charge in [0.15, 0.2) is 0 Å². The van der Waals surface area contributed by atoms with Crippen LogP contribution in [0.15, 0.2) is 48.8 Å². The molecular weight excluding hydrogens is 472 g/mol. The van der Waals surface area contributed by atoms with Crippen LogP contribution in [0.1, 0.15) is 56.0 Å². The van der Waals surface area contributed by atoms with Crippen LogP contribution in [-0.4, -0.2) is 71.1 Å². The van der Waals surface area contributed by atoms with Gasteiger partial charge < -0.3 is 19.7 Å². The predicted molar refractivity (Wildman–Crippen MR) is 138 cm³/mol. The summed E-state index contributed by atoms with van der Waals surface area (Å²) in [6.45, 7) is 7.45. The fourth-order valence-electron chi connectivity index (χ4n) is 4.92. The molecular formula is C28H36N4O5. The number of hydrogen-bond acceptors (Lipinski definition) is 6. The van der Waals surface area contributed by atoms with Crippen molar-refractivity contribution in [3.63, 3.8) is 0 Å². The summed E-state index contributed by atoms with van der Waals surface area (Å²) in [7, 11) is 1.57. The number of methoxy groups -OCH3 is 1. The van der Waals surface area contributed by atoms with Crippen molar-refractivity contribution in [1.29, 1.82) is 0 Å². The largest absolute Gasteiger partial charge is 0.497 e. The topological polar surface area (TPSA) is 101 Å². The summed E-state index contributed by atoms with van der Waals surface area (Å²) >= 11 is 0. The van der Waals surface area contributed by atoms with Crippen LogP contribution in [0.2, 0.25) is 0 Å². The molecule has 3 heterocycles. The molecule has 1 aromatic carbocycles. The second kappa shape index (κ2) is 10.9. The van der Waals surface area contributed by atoms with Crippen LogP contribution in [0, 0.1) is 5.41 Å². The molecule has 4 rings (SSSR count). The van der Waals surface area contributed by atoms with Crippen LogP contribution in [-0.2, 0) is 20.9 Å². The number of ether oxygens (including phenoxy) is 2. The number of benzene rings is 1. The van der Waals surface area contributed by atoms with E-state index in [1.165, 1.54) is 0 Å². The summed E-state index contributed by atoms with van der Waals surface area (Å²) in [5.41, 5.74) is 0.251. The van der Waals surface area contributed by atoms with Crippen molar-refractivity contribution < 1.29 is 23.9 Å². The Labute approximate surface area is 218 Å². The first-order chi connectivity index (χ1) is 17.6. The van der Waals surface area contributed by atoms with Crippen molar-refractivity contribution in [1.82, 2.24) is 20.1 Å². The molecule has 2 aliphatic rings. The number of pyridine rings is 1. The minimum atomic E-state index is -0.953. The zero-order valence-corrected chi connectivity index (χ0v) is 22.0. The summed E-state index contributed by atoms with van der Waals surface area (Å²) in [6.07, 6.45) is 4.70. The van der Waals surface area contributed by atoms with Gasteiger partial charge in [0, 0.05) is 56.9 Å². The summed E-state index contributed by atoms with van der Waals surface area (Å²) in [5, 5.41) is 2.93. The van der Waals surface area contributed by atoms with Gasteiger partial charge in [0.05, 0.1) is 13.7 Å². The highest BCUT2D eigenvalue weighted by molar-refractivity contribution is 5.98. The van der Waals surface area contributed by atoms with Crippen molar-refractivity contribution >= 4 is 17.7 Å². The van der Waals surface area contributed by atoms with Gasteiger partial charge in [-0.05, 0) is 41.3 Å².